The Labute approximate surface area is 66.6 Å². The first-order chi connectivity index (χ1) is 5.20. The van der Waals surface area contributed by atoms with Crippen molar-refractivity contribution in [3.05, 3.63) is 24.0 Å². The molecule has 6 N–H and O–H groups in total. The zero-order valence-electron chi connectivity index (χ0n) is 6.91. The molecule has 0 aromatic carbocycles. The summed E-state index contributed by atoms with van der Waals surface area (Å²) in [5.41, 5.74) is 7.51. The number of pyridine rings is 1. The molecule has 1 aromatic heterocycles. The smallest absolute Gasteiger partial charge is 0.180 e. The highest BCUT2D eigenvalue weighted by atomic mass is 15.0. The summed E-state index contributed by atoms with van der Waals surface area (Å²) in [7, 11) is 1.99. The van der Waals surface area contributed by atoms with Gasteiger partial charge in [0.05, 0.1) is 0 Å². The van der Waals surface area contributed by atoms with Crippen LogP contribution in [0.15, 0.2) is 18.3 Å². The van der Waals surface area contributed by atoms with Gasteiger partial charge in [-0.1, -0.05) is 0 Å². The van der Waals surface area contributed by atoms with Gasteiger partial charge in [-0.25, -0.2) is 4.57 Å². The fourth-order valence-corrected chi connectivity index (χ4v) is 0.707. The van der Waals surface area contributed by atoms with E-state index in [4.69, 9.17) is 5.73 Å². The summed E-state index contributed by atoms with van der Waals surface area (Å²) in [6.07, 6.45) is 1.95. The van der Waals surface area contributed by atoms with E-state index >= 15 is 0 Å². The number of hydrazine groups is 1. The topological polar surface area (TPSA) is 81.9 Å². The Bertz CT molecular complexity index is 222. The molecular weight excluding hydrogens is 140 g/mol. The molecule has 0 aliphatic rings. The Balaban J connectivity index is 0.000000461. The molecule has 4 nitrogen and oxygen atoms in total. The number of aryl methyl sites for hydroxylation is 2. The van der Waals surface area contributed by atoms with E-state index in [0.717, 1.165) is 5.69 Å². The largest absolute Gasteiger partial charge is 0.398 e. The molecule has 0 spiro atoms. The van der Waals surface area contributed by atoms with E-state index in [-0.39, 0.29) is 0 Å². The summed E-state index contributed by atoms with van der Waals surface area (Å²) in [6.45, 7) is 2.02. The normalized spacial score (nSPS) is 8.36. The molecule has 0 radical (unpaired) electrons. The summed E-state index contributed by atoms with van der Waals surface area (Å²) in [4.78, 5) is 0. The number of aromatic nitrogens is 1. The summed E-state index contributed by atoms with van der Waals surface area (Å²) in [5, 5.41) is 0. The Morgan fingerprint density at radius 2 is 1.91 bits per heavy atom. The van der Waals surface area contributed by atoms with Crippen LogP contribution in [0.5, 0.6) is 0 Å². The number of hydrogen-bond acceptors (Lipinski definition) is 3. The number of nitrogens with two attached hydrogens (primary N) is 3. The first-order valence-electron chi connectivity index (χ1n) is 3.25. The highest BCUT2D eigenvalue weighted by Gasteiger charge is 1.96. The minimum Gasteiger partial charge on any atom is -0.398 e. The molecule has 0 atom stereocenters. The maximum Gasteiger partial charge on any atom is 0.180 e. The van der Waals surface area contributed by atoms with Crippen molar-refractivity contribution in [1.29, 1.82) is 0 Å². The molecule has 1 heterocycles. The fraction of sp³-hybridized carbons (Fsp3) is 0.286. The first kappa shape index (κ1) is 9.87. The van der Waals surface area contributed by atoms with Crippen LogP contribution in [0.1, 0.15) is 5.69 Å². The van der Waals surface area contributed by atoms with Gasteiger partial charge in [0.1, 0.15) is 7.05 Å². The van der Waals surface area contributed by atoms with Crippen molar-refractivity contribution in [3.63, 3.8) is 0 Å². The minimum absolute atomic E-state index is 0.825. The summed E-state index contributed by atoms with van der Waals surface area (Å²) < 4.78 is 2.02. The molecule has 62 valence electrons. The van der Waals surface area contributed by atoms with E-state index in [9.17, 15) is 0 Å². The maximum absolute atomic E-state index is 5.51. The molecule has 0 saturated carbocycles. The maximum atomic E-state index is 5.51. The van der Waals surface area contributed by atoms with Crippen molar-refractivity contribution in [2.75, 3.05) is 5.73 Å². The minimum atomic E-state index is 0.825. The van der Waals surface area contributed by atoms with Crippen molar-refractivity contribution in [3.8, 4) is 0 Å². The van der Waals surface area contributed by atoms with Gasteiger partial charge in [-0.15, -0.1) is 0 Å². The lowest BCUT2D eigenvalue weighted by Gasteiger charge is -1.92. The van der Waals surface area contributed by atoms with Crippen LogP contribution in [0.4, 0.5) is 5.69 Å². The lowest BCUT2D eigenvalue weighted by atomic mass is 10.3. The predicted molar refractivity (Wildman–Crippen MR) is 45.1 cm³/mol. The molecule has 0 aliphatic heterocycles. The summed E-state index contributed by atoms with van der Waals surface area (Å²) in [5.74, 6) is 8.00. The van der Waals surface area contributed by atoms with Crippen molar-refractivity contribution >= 4 is 5.69 Å². The second-order valence-electron chi connectivity index (χ2n) is 2.21. The second kappa shape index (κ2) is 4.65. The van der Waals surface area contributed by atoms with Gasteiger partial charge >= 0.3 is 0 Å². The van der Waals surface area contributed by atoms with Gasteiger partial charge in [-0.2, -0.15) is 0 Å². The average molecular weight is 155 g/mol. The number of anilines is 1. The van der Waals surface area contributed by atoms with Crippen LogP contribution in [0.25, 0.3) is 0 Å². The molecule has 0 amide bonds. The van der Waals surface area contributed by atoms with E-state index in [2.05, 4.69) is 11.7 Å². The summed E-state index contributed by atoms with van der Waals surface area (Å²) in [6, 6.07) is 3.83. The third-order valence-corrected chi connectivity index (χ3v) is 1.42. The van der Waals surface area contributed by atoms with Gasteiger partial charge in [-0.05, 0) is 0 Å². The molecule has 0 aliphatic carbocycles. The highest BCUT2D eigenvalue weighted by molar-refractivity contribution is 5.34. The van der Waals surface area contributed by atoms with E-state index in [1.165, 1.54) is 5.69 Å². The zero-order valence-corrected chi connectivity index (χ0v) is 6.91. The fourth-order valence-electron chi connectivity index (χ4n) is 0.707. The van der Waals surface area contributed by atoms with Gasteiger partial charge < -0.3 is 5.73 Å². The van der Waals surface area contributed by atoms with Crippen LogP contribution in [-0.4, -0.2) is 0 Å². The quantitative estimate of drug-likeness (QED) is 0.261. The van der Waals surface area contributed by atoms with E-state index in [1.807, 2.05) is 36.9 Å². The van der Waals surface area contributed by atoms with Crippen molar-refractivity contribution < 1.29 is 4.57 Å². The van der Waals surface area contributed by atoms with Crippen LogP contribution < -0.4 is 22.0 Å². The monoisotopic (exact) mass is 155 g/mol. The van der Waals surface area contributed by atoms with Crippen LogP contribution in [0.3, 0.4) is 0 Å². The predicted octanol–water partition coefficient (Wildman–Crippen LogP) is -0.779. The van der Waals surface area contributed by atoms with Gasteiger partial charge in [0.25, 0.3) is 0 Å². The molecule has 0 unspecified atom stereocenters. The molecular formula is C7H15N4+. The van der Waals surface area contributed by atoms with Crippen LogP contribution >= 0.6 is 0 Å². The average Bonchev–Trinajstić information content (AvgIpc) is 2.02. The SMILES string of the molecule is Cc1cc(N)cc[n+]1C.NN. The third-order valence-electron chi connectivity index (χ3n) is 1.42. The lowest BCUT2D eigenvalue weighted by Crippen LogP contribution is -2.30. The lowest BCUT2D eigenvalue weighted by molar-refractivity contribution is -0.677. The van der Waals surface area contributed by atoms with Crippen LogP contribution in [-0.2, 0) is 7.05 Å². The second-order valence-corrected chi connectivity index (χ2v) is 2.21. The molecule has 0 saturated heterocycles. The van der Waals surface area contributed by atoms with Crippen molar-refractivity contribution in [2.24, 2.45) is 18.7 Å². The highest BCUT2D eigenvalue weighted by Crippen LogP contribution is 1.97. The first-order valence-corrected chi connectivity index (χ1v) is 3.25. The Hall–Kier alpha value is -1.13. The zero-order chi connectivity index (χ0) is 8.85. The van der Waals surface area contributed by atoms with Crippen LogP contribution in [0.2, 0.25) is 0 Å². The van der Waals surface area contributed by atoms with Crippen molar-refractivity contribution in [2.45, 2.75) is 6.92 Å². The Kier molecular flexibility index (Phi) is 4.17. The van der Waals surface area contributed by atoms with E-state index in [0.29, 0.717) is 0 Å². The van der Waals surface area contributed by atoms with E-state index in [1.54, 1.807) is 0 Å². The standard InChI is InChI=1S/C7H10N2.H4N2/c1-6-5-7(8)3-4-9(6)2;1-2/h3-5,8H,1-2H3;1-2H2/p+1. The molecule has 1 aromatic rings. The number of nitrogen functional groups attached to an aromatic ring is 1. The third kappa shape index (κ3) is 2.97. The van der Waals surface area contributed by atoms with Gasteiger partial charge in [-0.3, -0.25) is 11.7 Å². The Morgan fingerprint density at radius 1 is 1.36 bits per heavy atom. The molecule has 0 fully saturated rings. The van der Waals surface area contributed by atoms with Gasteiger partial charge in [0.2, 0.25) is 0 Å². The number of rotatable bonds is 0. The number of nitrogens with zero attached hydrogens (tertiary/aromatic N) is 1. The van der Waals surface area contributed by atoms with Crippen molar-refractivity contribution in [1.82, 2.24) is 0 Å². The molecule has 0 bridgehead atoms. The van der Waals surface area contributed by atoms with Gasteiger partial charge in [0.15, 0.2) is 11.9 Å². The summed E-state index contributed by atoms with van der Waals surface area (Å²) >= 11 is 0. The number of hydrogen-bond donors (Lipinski definition) is 3. The van der Waals surface area contributed by atoms with Gasteiger partial charge in [0, 0.05) is 24.7 Å². The van der Waals surface area contributed by atoms with Crippen LogP contribution in [0, 0.1) is 6.92 Å². The Morgan fingerprint density at radius 3 is 2.27 bits per heavy atom. The molecule has 1 rings (SSSR count). The van der Waals surface area contributed by atoms with E-state index < -0.39 is 0 Å². The molecule has 4 heteroatoms. The molecule has 11 heavy (non-hydrogen) atoms.